The van der Waals surface area contributed by atoms with Crippen molar-refractivity contribution in [1.82, 2.24) is 15.1 Å². The molecule has 3 rings (SSSR count). The van der Waals surface area contributed by atoms with Crippen molar-refractivity contribution in [1.29, 1.82) is 0 Å². The van der Waals surface area contributed by atoms with Crippen LogP contribution in [0.5, 0.6) is 0 Å². The van der Waals surface area contributed by atoms with Gasteiger partial charge in [0.1, 0.15) is 12.3 Å². The highest BCUT2D eigenvalue weighted by atomic mass is 16.4. The fourth-order valence-electron chi connectivity index (χ4n) is 2.68. The number of carbonyl (C=O) groups excluding carboxylic acids is 1. The number of likely N-dealkylation sites (N-methyl/N-ethyl adjacent to an activating group) is 1. The second kappa shape index (κ2) is 8.35. The topological polar surface area (TPSA) is 80.4 Å². The molecule has 0 atom stereocenters. The van der Waals surface area contributed by atoms with E-state index in [9.17, 15) is 9.59 Å². The van der Waals surface area contributed by atoms with Gasteiger partial charge in [-0.05, 0) is 24.1 Å². The molecule has 0 aliphatic rings. The predicted molar refractivity (Wildman–Crippen MR) is 103 cm³/mol. The van der Waals surface area contributed by atoms with Gasteiger partial charge >= 0.3 is 0 Å². The standard InChI is InChI=1S/C20H22N4O3/c1-21-20(26)18-9-8-17(27-18)14-24-19(25)12-16(13-22-24)23(2)11-10-15-6-4-3-5-7-15/h3-9,12-13H,10-11,14H2,1-2H3,(H,21,26). The minimum Gasteiger partial charge on any atom is -0.454 e. The number of benzene rings is 1. The molecule has 3 aromatic rings. The number of amides is 1. The van der Waals surface area contributed by atoms with Crippen LogP contribution < -0.4 is 15.8 Å². The van der Waals surface area contributed by atoms with E-state index < -0.39 is 0 Å². The van der Waals surface area contributed by atoms with Crippen molar-refractivity contribution in [2.24, 2.45) is 0 Å². The first kappa shape index (κ1) is 18.4. The molecule has 0 aliphatic heterocycles. The van der Waals surface area contributed by atoms with Crippen LogP contribution in [-0.4, -0.2) is 36.3 Å². The quantitative estimate of drug-likeness (QED) is 0.691. The normalized spacial score (nSPS) is 10.6. The Hall–Kier alpha value is -3.35. The van der Waals surface area contributed by atoms with Crippen molar-refractivity contribution in [2.75, 3.05) is 25.5 Å². The SMILES string of the molecule is CNC(=O)c1ccc(Cn2ncc(N(C)CCc3ccccc3)cc2=O)o1. The average Bonchev–Trinajstić information content (AvgIpc) is 3.16. The van der Waals surface area contributed by atoms with E-state index in [0.29, 0.717) is 5.76 Å². The van der Waals surface area contributed by atoms with Crippen LogP contribution in [0.15, 0.2) is 63.9 Å². The Morgan fingerprint density at radius 1 is 1.22 bits per heavy atom. The Morgan fingerprint density at radius 3 is 2.70 bits per heavy atom. The Balaban J connectivity index is 1.65. The molecule has 0 spiro atoms. The van der Waals surface area contributed by atoms with Crippen molar-refractivity contribution in [3.05, 3.63) is 82.2 Å². The van der Waals surface area contributed by atoms with Crippen LogP contribution in [0.4, 0.5) is 5.69 Å². The summed E-state index contributed by atoms with van der Waals surface area (Å²) in [5.41, 5.74) is 1.78. The molecule has 27 heavy (non-hydrogen) atoms. The largest absolute Gasteiger partial charge is 0.454 e. The Morgan fingerprint density at radius 2 is 2.00 bits per heavy atom. The van der Waals surface area contributed by atoms with E-state index in [1.807, 2.05) is 30.1 Å². The van der Waals surface area contributed by atoms with E-state index in [1.54, 1.807) is 24.4 Å². The Labute approximate surface area is 157 Å². The summed E-state index contributed by atoms with van der Waals surface area (Å²) >= 11 is 0. The summed E-state index contributed by atoms with van der Waals surface area (Å²) in [7, 11) is 3.47. The number of hydrogen-bond donors (Lipinski definition) is 1. The highest BCUT2D eigenvalue weighted by molar-refractivity contribution is 5.91. The first-order valence-corrected chi connectivity index (χ1v) is 8.70. The van der Waals surface area contributed by atoms with E-state index in [1.165, 1.54) is 17.3 Å². The van der Waals surface area contributed by atoms with Crippen LogP contribution in [0, 0.1) is 0 Å². The van der Waals surface area contributed by atoms with Crippen LogP contribution in [0.3, 0.4) is 0 Å². The van der Waals surface area contributed by atoms with E-state index in [-0.39, 0.29) is 23.8 Å². The summed E-state index contributed by atoms with van der Waals surface area (Å²) in [6.45, 7) is 0.951. The third-order valence-corrected chi connectivity index (χ3v) is 4.29. The first-order valence-electron chi connectivity index (χ1n) is 8.70. The van der Waals surface area contributed by atoms with Gasteiger partial charge < -0.3 is 14.6 Å². The van der Waals surface area contributed by atoms with Crippen LogP contribution in [0.25, 0.3) is 0 Å². The van der Waals surface area contributed by atoms with E-state index in [0.717, 1.165) is 18.7 Å². The van der Waals surface area contributed by atoms with Gasteiger partial charge in [-0.25, -0.2) is 4.68 Å². The van der Waals surface area contributed by atoms with Crippen LogP contribution in [-0.2, 0) is 13.0 Å². The molecule has 1 N–H and O–H groups in total. The molecule has 0 aliphatic carbocycles. The molecule has 0 fully saturated rings. The van der Waals surface area contributed by atoms with Crippen molar-refractivity contribution >= 4 is 11.6 Å². The lowest BCUT2D eigenvalue weighted by Crippen LogP contribution is -2.27. The van der Waals surface area contributed by atoms with Crippen LogP contribution >= 0.6 is 0 Å². The zero-order chi connectivity index (χ0) is 19.2. The van der Waals surface area contributed by atoms with Gasteiger partial charge in [0.05, 0.1) is 11.9 Å². The van der Waals surface area contributed by atoms with E-state index >= 15 is 0 Å². The lowest BCUT2D eigenvalue weighted by molar-refractivity contribution is 0.0933. The zero-order valence-electron chi connectivity index (χ0n) is 15.4. The van der Waals surface area contributed by atoms with Crippen molar-refractivity contribution in [3.8, 4) is 0 Å². The maximum atomic E-state index is 12.4. The number of anilines is 1. The number of furan rings is 1. The molecule has 0 bridgehead atoms. The van der Waals surface area contributed by atoms with Gasteiger partial charge in [0.2, 0.25) is 0 Å². The van der Waals surface area contributed by atoms with Crippen molar-refractivity contribution < 1.29 is 9.21 Å². The van der Waals surface area contributed by atoms with Gasteiger partial charge in [-0.3, -0.25) is 9.59 Å². The molecule has 0 unspecified atom stereocenters. The highest BCUT2D eigenvalue weighted by Crippen LogP contribution is 2.11. The van der Waals surface area contributed by atoms with Gasteiger partial charge in [-0.1, -0.05) is 30.3 Å². The minimum atomic E-state index is -0.308. The lowest BCUT2D eigenvalue weighted by Gasteiger charge is -2.19. The third-order valence-electron chi connectivity index (χ3n) is 4.29. The maximum Gasteiger partial charge on any atom is 0.286 e. The molecule has 2 aromatic heterocycles. The summed E-state index contributed by atoms with van der Waals surface area (Å²) < 4.78 is 6.74. The summed E-state index contributed by atoms with van der Waals surface area (Å²) in [6.07, 6.45) is 2.55. The summed E-state index contributed by atoms with van der Waals surface area (Å²) in [5, 5.41) is 6.72. The highest BCUT2D eigenvalue weighted by Gasteiger charge is 2.11. The van der Waals surface area contributed by atoms with E-state index in [4.69, 9.17) is 4.42 Å². The van der Waals surface area contributed by atoms with Gasteiger partial charge in [-0.2, -0.15) is 5.10 Å². The average molecular weight is 366 g/mol. The molecule has 2 heterocycles. The fraction of sp³-hybridized carbons (Fsp3) is 0.250. The second-order valence-electron chi connectivity index (χ2n) is 6.21. The number of hydrogen-bond acceptors (Lipinski definition) is 5. The van der Waals surface area contributed by atoms with Crippen LogP contribution in [0.2, 0.25) is 0 Å². The molecule has 140 valence electrons. The molecular weight excluding hydrogens is 344 g/mol. The molecule has 1 amide bonds. The third kappa shape index (κ3) is 4.63. The van der Waals surface area contributed by atoms with Crippen LogP contribution in [0.1, 0.15) is 21.9 Å². The van der Waals surface area contributed by atoms with Crippen molar-refractivity contribution in [2.45, 2.75) is 13.0 Å². The molecule has 0 radical (unpaired) electrons. The van der Waals surface area contributed by atoms with Gasteiger partial charge in [-0.15, -0.1) is 0 Å². The zero-order valence-corrected chi connectivity index (χ0v) is 15.4. The smallest absolute Gasteiger partial charge is 0.286 e. The summed E-state index contributed by atoms with van der Waals surface area (Å²) in [6, 6.07) is 15.0. The monoisotopic (exact) mass is 366 g/mol. The van der Waals surface area contributed by atoms with Gasteiger partial charge in [0, 0.05) is 26.7 Å². The Bertz CT molecular complexity index is 963. The number of aromatic nitrogens is 2. The first-order chi connectivity index (χ1) is 13.1. The van der Waals surface area contributed by atoms with Crippen molar-refractivity contribution in [3.63, 3.8) is 0 Å². The number of nitrogens with one attached hydrogen (secondary N) is 1. The molecule has 7 heteroatoms. The Kier molecular flexibility index (Phi) is 5.71. The fourth-order valence-corrected chi connectivity index (χ4v) is 2.68. The summed E-state index contributed by atoms with van der Waals surface area (Å²) in [5.74, 6) is 0.392. The summed E-state index contributed by atoms with van der Waals surface area (Å²) in [4.78, 5) is 25.9. The minimum absolute atomic E-state index is 0.170. The molecule has 7 nitrogen and oxygen atoms in total. The molecule has 0 saturated carbocycles. The number of carbonyl (C=O) groups is 1. The lowest BCUT2D eigenvalue weighted by atomic mass is 10.1. The van der Waals surface area contributed by atoms with Gasteiger partial charge in [0.15, 0.2) is 5.76 Å². The molecular formula is C20H22N4O3. The molecule has 1 aromatic carbocycles. The van der Waals surface area contributed by atoms with Gasteiger partial charge in [0.25, 0.3) is 11.5 Å². The van der Waals surface area contributed by atoms with E-state index in [2.05, 4.69) is 22.5 Å². The molecule has 0 saturated heterocycles. The number of rotatable bonds is 7. The predicted octanol–water partition coefficient (Wildman–Crippen LogP) is 1.92. The number of nitrogens with zero attached hydrogens (tertiary/aromatic N) is 3. The second-order valence-corrected chi connectivity index (χ2v) is 6.21. The maximum absolute atomic E-state index is 12.4.